The average Bonchev–Trinajstić information content (AvgIpc) is 2.15. The van der Waals surface area contributed by atoms with Crippen LogP contribution in [-0.4, -0.2) is 17.4 Å². The molecule has 0 saturated carbocycles. The number of hydrogen-bond acceptors (Lipinski definition) is 3. The van der Waals surface area contributed by atoms with Gasteiger partial charge in [-0.15, -0.1) is 0 Å². The Bertz CT molecular complexity index is 359. The molecule has 1 aromatic heterocycles. The van der Waals surface area contributed by atoms with Gasteiger partial charge in [0, 0.05) is 6.20 Å². The quantitative estimate of drug-likeness (QED) is 0.716. The van der Waals surface area contributed by atoms with Crippen LogP contribution >= 0.6 is 11.6 Å². The molecular weight excluding hydrogens is 190 g/mol. The standard InChI is InChI=1S/C8H6ClN3O/c9-6-2-1-4-11-7(6)8(13)12-5-3-10/h1-2,4H,5H2,(H,12,13). The molecule has 1 N–H and O–H groups in total. The molecule has 1 amide bonds. The summed E-state index contributed by atoms with van der Waals surface area (Å²) in [5, 5.41) is 10.8. The summed E-state index contributed by atoms with van der Waals surface area (Å²) in [6.45, 7) is -0.0499. The Morgan fingerprint density at radius 2 is 2.54 bits per heavy atom. The molecule has 4 nitrogen and oxygen atoms in total. The molecule has 0 aliphatic carbocycles. The predicted molar refractivity (Wildman–Crippen MR) is 47.2 cm³/mol. The van der Waals surface area contributed by atoms with E-state index in [9.17, 15) is 4.79 Å². The second-order valence-electron chi connectivity index (χ2n) is 2.17. The van der Waals surface area contributed by atoms with Crippen molar-refractivity contribution in [1.29, 1.82) is 5.26 Å². The van der Waals surface area contributed by atoms with E-state index in [0.717, 1.165) is 0 Å². The third-order valence-corrected chi connectivity index (χ3v) is 1.61. The molecule has 0 aromatic carbocycles. The first-order chi connectivity index (χ1) is 6.25. The first-order valence-electron chi connectivity index (χ1n) is 3.51. The first kappa shape index (κ1) is 9.49. The van der Waals surface area contributed by atoms with Crippen LogP contribution in [-0.2, 0) is 0 Å². The lowest BCUT2D eigenvalue weighted by atomic mass is 10.3. The number of nitrogens with one attached hydrogen (secondary N) is 1. The van der Waals surface area contributed by atoms with Crippen molar-refractivity contribution >= 4 is 17.5 Å². The Morgan fingerprint density at radius 3 is 3.15 bits per heavy atom. The topological polar surface area (TPSA) is 65.8 Å². The maximum absolute atomic E-state index is 11.2. The fourth-order valence-electron chi connectivity index (χ4n) is 0.756. The number of hydrogen-bond donors (Lipinski definition) is 1. The summed E-state index contributed by atoms with van der Waals surface area (Å²) in [5.74, 6) is -0.438. The summed E-state index contributed by atoms with van der Waals surface area (Å²) in [6.07, 6.45) is 1.47. The third kappa shape index (κ3) is 2.42. The maximum Gasteiger partial charge on any atom is 0.272 e. The van der Waals surface area contributed by atoms with Crippen LogP contribution in [0.2, 0.25) is 5.02 Å². The number of nitriles is 1. The molecule has 0 unspecified atom stereocenters. The van der Waals surface area contributed by atoms with Gasteiger partial charge in [0.25, 0.3) is 5.91 Å². The SMILES string of the molecule is N#CCNC(=O)c1ncccc1Cl. The van der Waals surface area contributed by atoms with Crippen molar-refractivity contribution in [1.82, 2.24) is 10.3 Å². The third-order valence-electron chi connectivity index (χ3n) is 1.30. The van der Waals surface area contributed by atoms with Gasteiger partial charge >= 0.3 is 0 Å². The summed E-state index contributed by atoms with van der Waals surface area (Å²) < 4.78 is 0. The van der Waals surface area contributed by atoms with E-state index in [0.29, 0.717) is 0 Å². The van der Waals surface area contributed by atoms with E-state index in [2.05, 4.69) is 10.3 Å². The molecule has 13 heavy (non-hydrogen) atoms. The lowest BCUT2D eigenvalue weighted by Gasteiger charge is -2.00. The minimum atomic E-state index is -0.438. The van der Waals surface area contributed by atoms with Gasteiger partial charge in [0.05, 0.1) is 11.1 Å². The van der Waals surface area contributed by atoms with Crippen LogP contribution in [0.5, 0.6) is 0 Å². The minimum absolute atomic E-state index is 0.0499. The summed E-state index contributed by atoms with van der Waals surface area (Å²) in [4.78, 5) is 15.0. The molecule has 66 valence electrons. The number of pyridine rings is 1. The normalized spacial score (nSPS) is 8.92. The highest BCUT2D eigenvalue weighted by atomic mass is 35.5. The van der Waals surface area contributed by atoms with Gasteiger partial charge in [-0.3, -0.25) is 4.79 Å². The molecule has 0 spiro atoms. The molecule has 1 heterocycles. The van der Waals surface area contributed by atoms with E-state index in [1.807, 2.05) is 0 Å². The molecule has 1 aromatic rings. The van der Waals surface area contributed by atoms with Gasteiger partial charge in [-0.05, 0) is 12.1 Å². The Morgan fingerprint density at radius 1 is 1.77 bits per heavy atom. The largest absolute Gasteiger partial charge is 0.338 e. The smallest absolute Gasteiger partial charge is 0.272 e. The number of amides is 1. The number of rotatable bonds is 2. The Balaban J connectivity index is 2.78. The average molecular weight is 196 g/mol. The predicted octanol–water partition coefficient (Wildman–Crippen LogP) is 0.988. The summed E-state index contributed by atoms with van der Waals surface area (Å²) in [6, 6.07) is 4.98. The molecule has 0 aliphatic heterocycles. The maximum atomic E-state index is 11.2. The van der Waals surface area contributed by atoms with Gasteiger partial charge in [0.15, 0.2) is 0 Å². The van der Waals surface area contributed by atoms with Crippen LogP contribution < -0.4 is 5.32 Å². The van der Waals surface area contributed by atoms with E-state index in [-0.39, 0.29) is 17.3 Å². The second-order valence-corrected chi connectivity index (χ2v) is 2.58. The molecule has 0 saturated heterocycles. The number of carbonyl (C=O) groups excluding carboxylic acids is 1. The van der Waals surface area contributed by atoms with Crippen molar-refractivity contribution in [2.75, 3.05) is 6.54 Å². The van der Waals surface area contributed by atoms with E-state index < -0.39 is 5.91 Å². The lowest BCUT2D eigenvalue weighted by Crippen LogP contribution is -2.24. The van der Waals surface area contributed by atoms with Gasteiger partial charge in [-0.1, -0.05) is 11.6 Å². The highest BCUT2D eigenvalue weighted by molar-refractivity contribution is 6.33. The number of aromatic nitrogens is 1. The van der Waals surface area contributed by atoms with Crippen LogP contribution in [0, 0.1) is 11.3 Å². The number of nitrogens with zero attached hydrogens (tertiary/aromatic N) is 2. The molecule has 5 heteroatoms. The van der Waals surface area contributed by atoms with Crippen molar-refractivity contribution in [2.24, 2.45) is 0 Å². The van der Waals surface area contributed by atoms with Crippen molar-refractivity contribution in [2.45, 2.75) is 0 Å². The zero-order chi connectivity index (χ0) is 9.68. The van der Waals surface area contributed by atoms with E-state index >= 15 is 0 Å². The second kappa shape index (κ2) is 4.43. The van der Waals surface area contributed by atoms with Crippen LogP contribution in [0.4, 0.5) is 0 Å². The number of halogens is 1. The number of carbonyl (C=O) groups is 1. The molecule has 0 bridgehead atoms. The fraction of sp³-hybridized carbons (Fsp3) is 0.125. The van der Waals surface area contributed by atoms with E-state index in [1.54, 1.807) is 18.2 Å². The van der Waals surface area contributed by atoms with E-state index in [1.165, 1.54) is 6.20 Å². The Kier molecular flexibility index (Phi) is 3.23. The first-order valence-corrected chi connectivity index (χ1v) is 3.89. The monoisotopic (exact) mass is 195 g/mol. The zero-order valence-electron chi connectivity index (χ0n) is 6.62. The van der Waals surface area contributed by atoms with Gasteiger partial charge < -0.3 is 5.32 Å². The molecule has 0 fully saturated rings. The van der Waals surface area contributed by atoms with Crippen LogP contribution in [0.25, 0.3) is 0 Å². The van der Waals surface area contributed by atoms with Crippen LogP contribution in [0.15, 0.2) is 18.3 Å². The molecular formula is C8H6ClN3O. The van der Waals surface area contributed by atoms with Gasteiger partial charge in [0.2, 0.25) is 0 Å². The van der Waals surface area contributed by atoms with E-state index in [4.69, 9.17) is 16.9 Å². The highest BCUT2D eigenvalue weighted by Crippen LogP contribution is 2.11. The van der Waals surface area contributed by atoms with Crippen LogP contribution in [0.1, 0.15) is 10.5 Å². The van der Waals surface area contributed by atoms with Gasteiger partial charge in [-0.25, -0.2) is 4.98 Å². The zero-order valence-corrected chi connectivity index (χ0v) is 7.38. The molecule has 0 aliphatic rings. The fourth-order valence-corrected chi connectivity index (χ4v) is 0.964. The molecule has 0 radical (unpaired) electrons. The van der Waals surface area contributed by atoms with Crippen molar-refractivity contribution in [3.63, 3.8) is 0 Å². The van der Waals surface area contributed by atoms with Crippen molar-refractivity contribution in [3.05, 3.63) is 29.0 Å². The van der Waals surface area contributed by atoms with Gasteiger partial charge in [-0.2, -0.15) is 5.26 Å². The lowest BCUT2D eigenvalue weighted by molar-refractivity contribution is 0.0953. The van der Waals surface area contributed by atoms with Crippen LogP contribution in [0.3, 0.4) is 0 Å². The Hall–Kier alpha value is -1.60. The summed E-state index contributed by atoms with van der Waals surface area (Å²) in [5.41, 5.74) is 0.138. The molecule has 1 rings (SSSR count). The Labute approximate surface area is 80.2 Å². The van der Waals surface area contributed by atoms with Gasteiger partial charge in [0.1, 0.15) is 12.2 Å². The highest BCUT2D eigenvalue weighted by Gasteiger charge is 2.09. The summed E-state index contributed by atoms with van der Waals surface area (Å²) in [7, 11) is 0. The molecule has 0 atom stereocenters. The summed E-state index contributed by atoms with van der Waals surface area (Å²) >= 11 is 5.69. The van der Waals surface area contributed by atoms with Crippen molar-refractivity contribution < 1.29 is 4.79 Å². The minimum Gasteiger partial charge on any atom is -0.338 e. The van der Waals surface area contributed by atoms with Crippen molar-refractivity contribution in [3.8, 4) is 6.07 Å².